The molecule has 1 saturated heterocycles. The van der Waals surface area contributed by atoms with Gasteiger partial charge in [-0.1, -0.05) is 19.1 Å². The van der Waals surface area contributed by atoms with Crippen molar-refractivity contribution in [2.75, 3.05) is 25.4 Å². The first kappa shape index (κ1) is 13.9. The van der Waals surface area contributed by atoms with E-state index in [0.717, 1.165) is 37.2 Å². The third-order valence-electron chi connectivity index (χ3n) is 3.55. The molecular formula is C15H22N2O2. The van der Waals surface area contributed by atoms with Crippen LogP contribution in [0.25, 0.3) is 0 Å². The summed E-state index contributed by atoms with van der Waals surface area (Å²) in [5.74, 6) is 0.221. The number of morpholine rings is 1. The second-order valence-electron chi connectivity index (χ2n) is 4.98. The van der Waals surface area contributed by atoms with Gasteiger partial charge in [-0.15, -0.1) is 0 Å². The van der Waals surface area contributed by atoms with Crippen LogP contribution in [0, 0.1) is 0 Å². The van der Waals surface area contributed by atoms with Gasteiger partial charge in [0, 0.05) is 25.2 Å². The number of nitrogens with two attached hydrogens (primary N) is 1. The molecule has 1 atom stereocenters. The largest absolute Gasteiger partial charge is 0.399 e. The standard InChI is InChI=1S/C15H22N2O2/c1-2-14-11-17(9-10-19-14)15(18)8-5-12-3-6-13(16)7-4-12/h3-4,6-7,14H,2,5,8-11,16H2,1H3. The van der Waals surface area contributed by atoms with E-state index in [2.05, 4.69) is 6.92 Å². The number of hydrogen-bond donors (Lipinski definition) is 1. The predicted octanol–water partition coefficient (Wildman–Crippen LogP) is 1.84. The molecule has 4 heteroatoms. The minimum atomic E-state index is 0.203. The smallest absolute Gasteiger partial charge is 0.223 e. The second-order valence-corrected chi connectivity index (χ2v) is 4.98. The Bertz CT molecular complexity index is 417. The number of benzene rings is 1. The van der Waals surface area contributed by atoms with Gasteiger partial charge >= 0.3 is 0 Å². The van der Waals surface area contributed by atoms with Crippen LogP contribution >= 0.6 is 0 Å². The van der Waals surface area contributed by atoms with Crippen LogP contribution in [0.1, 0.15) is 25.3 Å². The average Bonchev–Trinajstić information content (AvgIpc) is 2.46. The van der Waals surface area contributed by atoms with Crippen LogP contribution < -0.4 is 5.73 Å². The number of hydrogen-bond acceptors (Lipinski definition) is 3. The van der Waals surface area contributed by atoms with Crippen LogP contribution in [0.5, 0.6) is 0 Å². The molecule has 2 rings (SSSR count). The number of ether oxygens (including phenoxy) is 1. The molecule has 0 aliphatic carbocycles. The lowest BCUT2D eigenvalue weighted by atomic mass is 10.1. The molecule has 2 N–H and O–H groups in total. The molecule has 0 bridgehead atoms. The maximum absolute atomic E-state index is 12.1. The Balaban J connectivity index is 1.82. The van der Waals surface area contributed by atoms with Gasteiger partial charge in [0.2, 0.25) is 5.91 Å². The van der Waals surface area contributed by atoms with E-state index in [0.29, 0.717) is 13.0 Å². The molecule has 1 fully saturated rings. The van der Waals surface area contributed by atoms with Gasteiger partial charge in [0.25, 0.3) is 0 Å². The molecule has 0 saturated carbocycles. The van der Waals surface area contributed by atoms with Gasteiger partial charge in [-0.25, -0.2) is 0 Å². The summed E-state index contributed by atoms with van der Waals surface area (Å²) < 4.78 is 5.58. The fourth-order valence-electron chi connectivity index (χ4n) is 2.29. The van der Waals surface area contributed by atoms with Crippen molar-refractivity contribution in [1.82, 2.24) is 4.90 Å². The van der Waals surface area contributed by atoms with E-state index >= 15 is 0 Å². The molecule has 1 heterocycles. The topological polar surface area (TPSA) is 55.6 Å². The summed E-state index contributed by atoms with van der Waals surface area (Å²) in [7, 11) is 0. The quantitative estimate of drug-likeness (QED) is 0.842. The molecule has 0 aromatic heterocycles. The van der Waals surface area contributed by atoms with E-state index in [1.54, 1.807) is 0 Å². The zero-order chi connectivity index (χ0) is 13.7. The molecular weight excluding hydrogens is 240 g/mol. The van der Waals surface area contributed by atoms with Gasteiger partial charge in [0.05, 0.1) is 12.7 Å². The van der Waals surface area contributed by atoms with E-state index in [1.165, 1.54) is 0 Å². The third kappa shape index (κ3) is 3.96. The number of anilines is 1. The molecule has 1 aliphatic rings. The van der Waals surface area contributed by atoms with Crippen molar-refractivity contribution < 1.29 is 9.53 Å². The highest BCUT2D eigenvalue weighted by atomic mass is 16.5. The number of carbonyl (C=O) groups is 1. The van der Waals surface area contributed by atoms with Crippen molar-refractivity contribution in [2.24, 2.45) is 0 Å². The average molecular weight is 262 g/mol. The molecule has 19 heavy (non-hydrogen) atoms. The van der Waals surface area contributed by atoms with E-state index in [9.17, 15) is 4.79 Å². The van der Waals surface area contributed by atoms with Crippen LogP contribution in [0.3, 0.4) is 0 Å². The Hall–Kier alpha value is -1.55. The summed E-state index contributed by atoms with van der Waals surface area (Å²) in [6.45, 7) is 4.20. The van der Waals surface area contributed by atoms with E-state index in [4.69, 9.17) is 10.5 Å². The summed E-state index contributed by atoms with van der Waals surface area (Å²) >= 11 is 0. The summed E-state index contributed by atoms with van der Waals surface area (Å²) in [6, 6.07) is 7.72. The second kappa shape index (κ2) is 6.57. The first-order valence-electron chi connectivity index (χ1n) is 6.93. The van der Waals surface area contributed by atoms with E-state index in [1.807, 2.05) is 29.2 Å². The molecule has 0 spiro atoms. The van der Waals surface area contributed by atoms with Crippen LogP contribution in [0.15, 0.2) is 24.3 Å². The predicted molar refractivity (Wildman–Crippen MR) is 75.8 cm³/mol. The van der Waals surface area contributed by atoms with Crippen molar-refractivity contribution >= 4 is 11.6 Å². The van der Waals surface area contributed by atoms with Crippen LogP contribution in [-0.4, -0.2) is 36.6 Å². The Kier molecular flexibility index (Phi) is 4.80. The highest BCUT2D eigenvalue weighted by Crippen LogP contribution is 2.12. The fraction of sp³-hybridized carbons (Fsp3) is 0.533. The Morgan fingerprint density at radius 1 is 1.42 bits per heavy atom. The lowest BCUT2D eigenvalue weighted by molar-refractivity contribution is -0.138. The third-order valence-corrected chi connectivity index (χ3v) is 3.55. The highest BCUT2D eigenvalue weighted by molar-refractivity contribution is 5.76. The number of aryl methyl sites for hydroxylation is 1. The number of amides is 1. The molecule has 104 valence electrons. The van der Waals surface area contributed by atoms with E-state index in [-0.39, 0.29) is 12.0 Å². The number of nitrogens with zero attached hydrogens (tertiary/aromatic N) is 1. The van der Waals surface area contributed by atoms with Crippen molar-refractivity contribution in [3.8, 4) is 0 Å². The minimum absolute atomic E-state index is 0.203. The highest BCUT2D eigenvalue weighted by Gasteiger charge is 2.22. The van der Waals surface area contributed by atoms with Gasteiger partial charge in [-0.05, 0) is 30.5 Å². The van der Waals surface area contributed by atoms with Crippen molar-refractivity contribution in [1.29, 1.82) is 0 Å². The maximum atomic E-state index is 12.1. The maximum Gasteiger partial charge on any atom is 0.223 e. The Morgan fingerprint density at radius 2 is 2.16 bits per heavy atom. The van der Waals surface area contributed by atoms with Crippen LogP contribution in [0.4, 0.5) is 5.69 Å². The van der Waals surface area contributed by atoms with Crippen molar-refractivity contribution in [3.63, 3.8) is 0 Å². The zero-order valence-electron chi connectivity index (χ0n) is 11.5. The fourth-order valence-corrected chi connectivity index (χ4v) is 2.29. The number of nitrogen functional groups attached to an aromatic ring is 1. The summed E-state index contributed by atoms with van der Waals surface area (Å²) in [5.41, 5.74) is 7.55. The molecule has 1 aromatic carbocycles. The van der Waals surface area contributed by atoms with Crippen LogP contribution in [0.2, 0.25) is 0 Å². The molecule has 1 aliphatic heterocycles. The molecule has 1 unspecified atom stereocenters. The van der Waals surface area contributed by atoms with Crippen molar-refractivity contribution in [3.05, 3.63) is 29.8 Å². The summed E-state index contributed by atoms with van der Waals surface area (Å²) in [4.78, 5) is 14.1. The number of carbonyl (C=O) groups excluding carboxylic acids is 1. The normalized spacial score (nSPS) is 19.4. The zero-order valence-corrected chi connectivity index (χ0v) is 11.5. The monoisotopic (exact) mass is 262 g/mol. The molecule has 4 nitrogen and oxygen atoms in total. The van der Waals surface area contributed by atoms with Crippen molar-refractivity contribution in [2.45, 2.75) is 32.3 Å². The van der Waals surface area contributed by atoms with E-state index < -0.39 is 0 Å². The molecule has 1 amide bonds. The Morgan fingerprint density at radius 3 is 2.84 bits per heavy atom. The van der Waals surface area contributed by atoms with Gasteiger partial charge < -0.3 is 15.4 Å². The first-order chi connectivity index (χ1) is 9.19. The minimum Gasteiger partial charge on any atom is -0.399 e. The lowest BCUT2D eigenvalue weighted by Crippen LogP contribution is -2.45. The molecule has 1 aromatic rings. The summed E-state index contributed by atoms with van der Waals surface area (Å²) in [5, 5.41) is 0. The first-order valence-corrected chi connectivity index (χ1v) is 6.93. The Labute approximate surface area is 114 Å². The lowest BCUT2D eigenvalue weighted by Gasteiger charge is -2.32. The number of rotatable bonds is 4. The summed E-state index contributed by atoms with van der Waals surface area (Å²) in [6.07, 6.45) is 2.49. The van der Waals surface area contributed by atoms with Gasteiger partial charge in [-0.3, -0.25) is 4.79 Å². The van der Waals surface area contributed by atoms with Gasteiger partial charge in [0.15, 0.2) is 0 Å². The van der Waals surface area contributed by atoms with Gasteiger partial charge in [-0.2, -0.15) is 0 Å². The SMILES string of the molecule is CCC1CN(C(=O)CCc2ccc(N)cc2)CCO1. The van der Waals surface area contributed by atoms with Gasteiger partial charge in [0.1, 0.15) is 0 Å². The molecule has 0 radical (unpaired) electrons. The van der Waals surface area contributed by atoms with Crippen LogP contribution in [-0.2, 0) is 16.0 Å².